The third kappa shape index (κ3) is 2.16. The Morgan fingerprint density at radius 2 is 1.81 bits per heavy atom. The summed E-state index contributed by atoms with van der Waals surface area (Å²) in [5.74, 6) is 0. The van der Waals surface area contributed by atoms with Gasteiger partial charge in [0.15, 0.2) is 0 Å². The first-order valence-corrected chi connectivity index (χ1v) is 7.01. The highest BCUT2D eigenvalue weighted by molar-refractivity contribution is 6.64. The molecule has 0 heterocycles. The highest BCUT2D eigenvalue weighted by atomic mass is 28.3. The molecule has 0 aliphatic carbocycles. The van der Waals surface area contributed by atoms with Crippen LogP contribution in [0.25, 0.3) is 10.8 Å². The van der Waals surface area contributed by atoms with E-state index >= 15 is 0 Å². The van der Waals surface area contributed by atoms with E-state index in [4.69, 9.17) is 8.85 Å². The first-order chi connectivity index (χ1) is 7.86. The summed E-state index contributed by atoms with van der Waals surface area (Å²) in [4.78, 5) is 0. The molecule has 0 spiro atoms. The SMILES string of the molecule is CCO[SiH](OC)c1cccc2ccccc12. The Hall–Kier alpha value is -1.16. The largest absolute Gasteiger partial charge is 0.397 e. The second-order valence-electron chi connectivity index (χ2n) is 3.59. The minimum atomic E-state index is -1.72. The van der Waals surface area contributed by atoms with Crippen molar-refractivity contribution in [3.8, 4) is 0 Å². The van der Waals surface area contributed by atoms with Gasteiger partial charge in [-0.3, -0.25) is 0 Å². The van der Waals surface area contributed by atoms with Crippen LogP contribution in [0.2, 0.25) is 0 Å². The molecular formula is C13H16O2Si. The summed E-state index contributed by atoms with van der Waals surface area (Å²) in [6.07, 6.45) is 0. The van der Waals surface area contributed by atoms with Crippen molar-refractivity contribution in [2.24, 2.45) is 0 Å². The van der Waals surface area contributed by atoms with E-state index < -0.39 is 9.28 Å². The van der Waals surface area contributed by atoms with Crippen molar-refractivity contribution in [2.45, 2.75) is 6.92 Å². The molecule has 1 unspecified atom stereocenters. The van der Waals surface area contributed by atoms with Crippen molar-refractivity contribution in [3.63, 3.8) is 0 Å². The summed E-state index contributed by atoms with van der Waals surface area (Å²) in [7, 11) is 0.00897. The van der Waals surface area contributed by atoms with Gasteiger partial charge in [0, 0.05) is 13.7 Å². The minimum Gasteiger partial charge on any atom is -0.397 e. The average Bonchev–Trinajstić information content (AvgIpc) is 2.35. The van der Waals surface area contributed by atoms with E-state index in [0.29, 0.717) is 6.61 Å². The fraction of sp³-hybridized carbons (Fsp3) is 0.231. The third-order valence-corrected chi connectivity index (χ3v) is 4.68. The number of hydrogen-bond donors (Lipinski definition) is 0. The molecule has 2 aromatic carbocycles. The third-order valence-electron chi connectivity index (χ3n) is 2.61. The summed E-state index contributed by atoms with van der Waals surface area (Å²) in [6, 6.07) is 14.6. The number of hydrogen-bond acceptors (Lipinski definition) is 2. The number of rotatable bonds is 4. The van der Waals surface area contributed by atoms with Crippen molar-refractivity contribution < 1.29 is 8.85 Å². The Balaban J connectivity index is 2.50. The van der Waals surface area contributed by atoms with Crippen LogP contribution in [0.3, 0.4) is 0 Å². The molecule has 2 rings (SSSR count). The molecule has 1 atom stereocenters. The molecule has 0 N–H and O–H groups in total. The summed E-state index contributed by atoms with van der Waals surface area (Å²) in [5, 5.41) is 3.72. The molecule has 0 fully saturated rings. The standard InChI is InChI=1S/C13H16O2Si/c1-3-15-16(14-2)13-10-6-8-11-7-4-5-9-12(11)13/h4-10,16H,3H2,1-2H3. The first-order valence-electron chi connectivity index (χ1n) is 5.49. The van der Waals surface area contributed by atoms with Crippen molar-refractivity contribution in [1.82, 2.24) is 0 Å². The monoisotopic (exact) mass is 232 g/mol. The highest BCUT2D eigenvalue weighted by Gasteiger charge is 2.16. The maximum atomic E-state index is 5.70. The van der Waals surface area contributed by atoms with Gasteiger partial charge in [-0.1, -0.05) is 42.5 Å². The van der Waals surface area contributed by atoms with Gasteiger partial charge in [-0.05, 0) is 22.9 Å². The second-order valence-corrected chi connectivity index (χ2v) is 5.68. The Labute approximate surface area is 97.7 Å². The molecule has 0 aliphatic rings. The molecule has 0 radical (unpaired) electrons. The molecule has 84 valence electrons. The minimum absolute atomic E-state index is 0.702. The fourth-order valence-electron chi connectivity index (χ4n) is 1.89. The lowest BCUT2D eigenvalue weighted by Crippen LogP contribution is -2.36. The predicted octanol–water partition coefficient (Wildman–Crippen LogP) is 1.95. The summed E-state index contributed by atoms with van der Waals surface area (Å²) in [6.45, 7) is 2.71. The molecule has 0 bridgehead atoms. The second kappa shape index (κ2) is 5.25. The van der Waals surface area contributed by atoms with Crippen LogP contribution >= 0.6 is 0 Å². The Morgan fingerprint density at radius 1 is 1.06 bits per heavy atom. The summed E-state index contributed by atoms with van der Waals surface area (Å²) < 4.78 is 11.2. The lowest BCUT2D eigenvalue weighted by molar-refractivity contribution is 0.254. The van der Waals surface area contributed by atoms with Gasteiger partial charge in [0.2, 0.25) is 0 Å². The molecule has 0 saturated carbocycles. The topological polar surface area (TPSA) is 18.5 Å². The maximum absolute atomic E-state index is 5.70. The van der Waals surface area contributed by atoms with Crippen LogP contribution in [0.15, 0.2) is 42.5 Å². The van der Waals surface area contributed by atoms with Gasteiger partial charge in [-0.2, -0.15) is 0 Å². The highest BCUT2D eigenvalue weighted by Crippen LogP contribution is 2.12. The van der Waals surface area contributed by atoms with E-state index in [9.17, 15) is 0 Å². The van der Waals surface area contributed by atoms with Gasteiger partial charge in [-0.25, -0.2) is 0 Å². The van der Waals surface area contributed by atoms with Crippen molar-refractivity contribution in [3.05, 3.63) is 42.5 Å². The van der Waals surface area contributed by atoms with Gasteiger partial charge in [0.25, 0.3) is 0 Å². The fourth-order valence-corrected chi connectivity index (χ4v) is 3.55. The first kappa shape index (κ1) is 11.3. The Kier molecular flexibility index (Phi) is 3.72. The number of fused-ring (bicyclic) bond motifs is 1. The van der Waals surface area contributed by atoms with Crippen LogP contribution in [0.1, 0.15) is 6.92 Å². The molecule has 2 aromatic rings. The molecule has 2 nitrogen and oxygen atoms in total. The zero-order chi connectivity index (χ0) is 11.4. The lowest BCUT2D eigenvalue weighted by Gasteiger charge is -2.15. The van der Waals surface area contributed by atoms with Gasteiger partial charge in [0.1, 0.15) is 0 Å². The molecule has 0 amide bonds. The van der Waals surface area contributed by atoms with E-state index in [-0.39, 0.29) is 0 Å². The van der Waals surface area contributed by atoms with Gasteiger partial charge < -0.3 is 8.85 Å². The maximum Gasteiger partial charge on any atom is 0.356 e. The van der Waals surface area contributed by atoms with E-state index in [1.165, 1.54) is 16.0 Å². The Morgan fingerprint density at radius 3 is 2.56 bits per heavy atom. The molecular weight excluding hydrogens is 216 g/mol. The van der Waals surface area contributed by atoms with Gasteiger partial charge in [-0.15, -0.1) is 0 Å². The molecule has 3 heteroatoms. The van der Waals surface area contributed by atoms with Crippen LogP contribution in [-0.4, -0.2) is 23.0 Å². The molecule has 0 aromatic heterocycles. The van der Waals surface area contributed by atoms with E-state index in [1.54, 1.807) is 7.11 Å². The van der Waals surface area contributed by atoms with Gasteiger partial charge in [0.05, 0.1) is 0 Å². The smallest absolute Gasteiger partial charge is 0.356 e. The van der Waals surface area contributed by atoms with Crippen LogP contribution in [-0.2, 0) is 8.85 Å². The quantitative estimate of drug-likeness (QED) is 0.750. The van der Waals surface area contributed by atoms with Crippen LogP contribution < -0.4 is 5.19 Å². The van der Waals surface area contributed by atoms with Crippen molar-refractivity contribution >= 4 is 25.2 Å². The van der Waals surface area contributed by atoms with Crippen LogP contribution in [0.4, 0.5) is 0 Å². The van der Waals surface area contributed by atoms with Crippen LogP contribution in [0, 0.1) is 0 Å². The van der Waals surface area contributed by atoms with E-state index in [2.05, 4.69) is 42.5 Å². The molecule has 16 heavy (non-hydrogen) atoms. The average molecular weight is 232 g/mol. The van der Waals surface area contributed by atoms with Crippen molar-refractivity contribution in [2.75, 3.05) is 13.7 Å². The van der Waals surface area contributed by atoms with Crippen molar-refractivity contribution in [1.29, 1.82) is 0 Å². The molecule has 0 saturated heterocycles. The summed E-state index contributed by atoms with van der Waals surface area (Å²) >= 11 is 0. The zero-order valence-electron chi connectivity index (χ0n) is 9.64. The predicted molar refractivity (Wildman–Crippen MR) is 69.4 cm³/mol. The van der Waals surface area contributed by atoms with E-state index in [1.807, 2.05) is 6.92 Å². The summed E-state index contributed by atoms with van der Waals surface area (Å²) in [5.41, 5.74) is 0. The Bertz CT molecular complexity index is 465. The normalized spacial score (nSPS) is 12.9. The van der Waals surface area contributed by atoms with Crippen LogP contribution in [0.5, 0.6) is 0 Å². The van der Waals surface area contributed by atoms with E-state index in [0.717, 1.165) is 0 Å². The lowest BCUT2D eigenvalue weighted by atomic mass is 10.1. The number of benzene rings is 2. The van der Waals surface area contributed by atoms with Gasteiger partial charge >= 0.3 is 9.28 Å². The molecule has 0 aliphatic heterocycles. The zero-order valence-corrected chi connectivity index (χ0v) is 10.8.